The highest BCUT2D eigenvalue weighted by Crippen LogP contribution is 2.48. The third-order valence-electron chi connectivity index (χ3n) is 7.08. The molecule has 2 aromatic heterocycles. The highest BCUT2D eigenvalue weighted by molar-refractivity contribution is 7.23. The van der Waals surface area contributed by atoms with E-state index in [1.807, 2.05) is 12.1 Å². The Morgan fingerprint density at radius 1 is 1.31 bits per heavy atom. The first-order chi connectivity index (χ1) is 17.0. The van der Waals surface area contributed by atoms with Gasteiger partial charge in [0.25, 0.3) is 0 Å². The van der Waals surface area contributed by atoms with Gasteiger partial charge in [0.05, 0.1) is 34.0 Å². The fourth-order valence-electron chi connectivity index (χ4n) is 5.24. The number of thiophene rings is 1. The van der Waals surface area contributed by atoms with E-state index in [0.717, 1.165) is 40.8 Å². The Balaban J connectivity index is 1.54. The van der Waals surface area contributed by atoms with Gasteiger partial charge < -0.3 is 20.1 Å². The Morgan fingerprint density at radius 3 is 2.91 bits per heavy atom. The lowest BCUT2D eigenvalue weighted by atomic mass is 9.91. The SMILES string of the molecule is CN1CCCC1COc1ccc2c3c(c(-c4ccc(F)c5sc(N)c(C#N)c45)c(Cl)c2n1)COC3. The summed E-state index contributed by atoms with van der Waals surface area (Å²) in [5, 5.41) is 11.9. The van der Waals surface area contributed by atoms with E-state index in [0.29, 0.717) is 63.5 Å². The van der Waals surface area contributed by atoms with Crippen molar-refractivity contribution in [3.05, 3.63) is 51.8 Å². The van der Waals surface area contributed by atoms with Gasteiger partial charge in [-0.25, -0.2) is 9.37 Å². The number of nitrogens with zero attached hydrogens (tertiary/aromatic N) is 3. The molecule has 0 amide bonds. The van der Waals surface area contributed by atoms with Gasteiger partial charge >= 0.3 is 0 Å². The van der Waals surface area contributed by atoms with Crippen molar-refractivity contribution in [2.45, 2.75) is 32.1 Å². The number of fused-ring (bicyclic) bond motifs is 4. The third-order valence-corrected chi connectivity index (χ3v) is 8.47. The van der Waals surface area contributed by atoms with Crippen LogP contribution in [0.3, 0.4) is 0 Å². The molecule has 2 aliphatic heterocycles. The fourth-order valence-corrected chi connectivity index (χ4v) is 6.55. The number of halogens is 2. The topological polar surface area (TPSA) is 84.4 Å². The Bertz CT molecular complexity index is 1550. The highest BCUT2D eigenvalue weighted by Gasteiger charge is 2.28. The van der Waals surface area contributed by atoms with Crippen LogP contribution < -0.4 is 10.5 Å². The Labute approximate surface area is 210 Å². The maximum Gasteiger partial charge on any atom is 0.213 e. The Hall–Kier alpha value is -2.96. The molecule has 9 heteroatoms. The molecule has 1 unspecified atom stereocenters. The van der Waals surface area contributed by atoms with E-state index in [1.165, 1.54) is 12.5 Å². The molecule has 2 aliphatic rings. The van der Waals surface area contributed by atoms with Gasteiger partial charge in [0.15, 0.2) is 0 Å². The lowest BCUT2D eigenvalue weighted by Gasteiger charge is -2.20. The van der Waals surface area contributed by atoms with E-state index in [2.05, 4.69) is 18.0 Å². The van der Waals surface area contributed by atoms with Crippen molar-refractivity contribution in [1.82, 2.24) is 9.88 Å². The van der Waals surface area contributed by atoms with Gasteiger partial charge in [-0.1, -0.05) is 17.7 Å². The van der Waals surface area contributed by atoms with E-state index >= 15 is 0 Å². The maximum absolute atomic E-state index is 14.7. The first kappa shape index (κ1) is 22.5. The van der Waals surface area contributed by atoms with Crippen LogP contribution in [0.5, 0.6) is 5.88 Å². The number of hydrogen-bond donors (Lipinski definition) is 1. The largest absolute Gasteiger partial charge is 0.476 e. The monoisotopic (exact) mass is 508 g/mol. The van der Waals surface area contributed by atoms with Crippen molar-refractivity contribution in [3.63, 3.8) is 0 Å². The van der Waals surface area contributed by atoms with Gasteiger partial charge in [0, 0.05) is 28.4 Å². The van der Waals surface area contributed by atoms with Crippen LogP contribution in [0, 0.1) is 17.1 Å². The van der Waals surface area contributed by atoms with Crippen LogP contribution in [-0.2, 0) is 18.0 Å². The summed E-state index contributed by atoms with van der Waals surface area (Å²) in [6.07, 6.45) is 2.27. The number of rotatable bonds is 4. The number of ether oxygens (including phenoxy) is 2. The number of likely N-dealkylation sites (tertiary alicyclic amines) is 1. The first-order valence-corrected chi connectivity index (χ1v) is 12.6. The molecule has 2 aromatic carbocycles. The van der Waals surface area contributed by atoms with Crippen molar-refractivity contribution in [3.8, 4) is 23.1 Å². The van der Waals surface area contributed by atoms with Gasteiger partial charge in [-0.15, -0.1) is 11.3 Å². The number of benzene rings is 2. The summed E-state index contributed by atoms with van der Waals surface area (Å²) in [7, 11) is 2.11. The molecule has 4 aromatic rings. The van der Waals surface area contributed by atoms with E-state index in [1.54, 1.807) is 6.07 Å². The molecule has 0 radical (unpaired) electrons. The number of nitrogen functional groups attached to an aromatic ring is 1. The molecular formula is C26H22ClFN4O2S. The standard InChI is InChI=1S/C26H22ClFN4O2S/c1-32-8-2-3-13(32)10-34-20-7-5-14-17-11-33-12-18(17)21(23(27)24(14)31-20)15-4-6-19(28)25-22(15)16(9-29)26(30)35-25/h4-7,13H,2-3,8,10-12,30H2,1H3. The smallest absolute Gasteiger partial charge is 0.213 e. The minimum atomic E-state index is -0.419. The van der Waals surface area contributed by atoms with Crippen LogP contribution in [-0.4, -0.2) is 36.1 Å². The average Bonchev–Trinajstić information content (AvgIpc) is 3.58. The Morgan fingerprint density at radius 2 is 2.14 bits per heavy atom. The van der Waals surface area contributed by atoms with Gasteiger partial charge in [-0.3, -0.25) is 0 Å². The lowest BCUT2D eigenvalue weighted by Crippen LogP contribution is -2.30. The lowest BCUT2D eigenvalue weighted by molar-refractivity contribution is 0.135. The second-order valence-corrected chi connectivity index (χ2v) is 10.5. The zero-order chi connectivity index (χ0) is 24.3. The van der Waals surface area contributed by atoms with Gasteiger partial charge in [0.1, 0.15) is 23.5 Å². The summed E-state index contributed by atoms with van der Waals surface area (Å²) in [5.74, 6) is 0.0868. The number of nitrogens with two attached hydrogens (primary N) is 1. The molecule has 1 fully saturated rings. The molecule has 1 saturated heterocycles. The fraction of sp³-hybridized carbons (Fsp3) is 0.308. The van der Waals surface area contributed by atoms with Crippen molar-refractivity contribution < 1.29 is 13.9 Å². The molecule has 0 spiro atoms. The minimum absolute atomic E-state index is 0.258. The van der Waals surface area contributed by atoms with E-state index < -0.39 is 5.82 Å². The number of anilines is 1. The maximum atomic E-state index is 14.7. The zero-order valence-corrected chi connectivity index (χ0v) is 20.6. The molecule has 4 heterocycles. The second-order valence-electron chi connectivity index (χ2n) is 9.02. The Kier molecular flexibility index (Phi) is 5.53. The van der Waals surface area contributed by atoms with Crippen molar-refractivity contribution in [2.24, 2.45) is 0 Å². The average molecular weight is 509 g/mol. The minimum Gasteiger partial charge on any atom is -0.476 e. The summed E-state index contributed by atoms with van der Waals surface area (Å²) in [6, 6.07) is 9.41. The summed E-state index contributed by atoms with van der Waals surface area (Å²) in [6.45, 7) is 2.43. The molecule has 2 N–H and O–H groups in total. The number of aromatic nitrogens is 1. The van der Waals surface area contributed by atoms with Crippen LogP contribution in [0.1, 0.15) is 29.5 Å². The number of likely N-dealkylation sites (N-methyl/N-ethyl adjacent to an activating group) is 1. The summed E-state index contributed by atoms with van der Waals surface area (Å²) >= 11 is 8.11. The molecule has 0 saturated carbocycles. The van der Waals surface area contributed by atoms with Crippen LogP contribution in [0.4, 0.5) is 9.39 Å². The third kappa shape index (κ3) is 3.54. The van der Waals surface area contributed by atoms with E-state index in [9.17, 15) is 9.65 Å². The first-order valence-electron chi connectivity index (χ1n) is 11.4. The number of nitriles is 1. The van der Waals surface area contributed by atoms with Crippen LogP contribution >= 0.6 is 22.9 Å². The van der Waals surface area contributed by atoms with Crippen molar-refractivity contribution in [2.75, 3.05) is 25.9 Å². The van der Waals surface area contributed by atoms with Gasteiger partial charge in [-0.05, 0) is 55.3 Å². The molecule has 0 bridgehead atoms. The summed E-state index contributed by atoms with van der Waals surface area (Å²) < 4.78 is 26.9. The molecule has 6 nitrogen and oxygen atoms in total. The van der Waals surface area contributed by atoms with E-state index in [4.69, 9.17) is 31.8 Å². The van der Waals surface area contributed by atoms with Gasteiger partial charge in [0.2, 0.25) is 5.88 Å². The summed E-state index contributed by atoms with van der Waals surface area (Å²) in [4.78, 5) is 7.08. The predicted octanol–water partition coefficient (Wildman–Crippen LogP) is 5.87. The molecule has 0 aliphatic carbocycles. The van der Waals surface area contributed by atoms with Crippen molar-refractivity contribution >= 4 is 48.9 Å². The van der Waals surface area contributed by atoms with Gasteiger partial charge in [-0.2, -0.15) is 5.26 Å². The number of pyridine rings is 1. The zero-order valence-electron chi connectivity index (χ0n) is 19.0. The molecule has 1 atom stereocenters. The second kappa shape index (κ2) is 8.61. The van der Waals surface area contributed by atoms with Crippen LogP contribution in [0.15, 0.2) is 24.3 Å². The summed E-state index contributed by atoms with van der Waals surface area (Å²) in [5.41, 5.74) is 10.2. The molecular weight excluding hydrogens is 487 g/mol. The highest BCUT2D eigenvalue weighted by atomic mass is 35.5. The molecule has 178 valence electrons. The van der Waals surface area contributed by atoms with Crippen LogP contribution in [0.2, 0.25) is 5.02 Å². The molecule has 6 rings (SSSR count). The van der Waals surface area contributed by atoms with Crippen LogP contribution in [0.25, 0.3) is 32.1 Å². The van der Waals surface area contributed by atoms with E-state index in [-0.39, 0.29) is 10.6 Å². The quantitative estimate of drug-likeness (QED) is 0.371. The normalized spacial score (nSPS) is 17.8. The predicted molar refractivity (Wildman–Crippen MR) is 136 cm³/mol. The number of hydrogen-bond acceptors (Lipinski definition) is 7. The van der Waals surface area contributed by atoms with Crippen molar-refractivity contribution in [1.29, 1.82) is 5.26 Å². The molecule has 35 heavy (non-hydrogen) atoms.